The molecule has 0 radical (unpaired) electrons. The second-order valence-corrected chi connectivity index (χ2v) is 6.54. The fraction of sp³-hybridized carbons (Fsp3) is 0.350. The van der Waals surface area contributed by atoms with E-state index in [1.165, 1.54) is 0 Å². The lowest BCUT2D eigenvalue weighted by molar-refractivity contribution is 0.0936. The number of aliphatic imine (C=N–C) groups is 1. The van der Waals surface area contributed by atoms with Gasteiger partial charge in [-0.2, -0.15) is 0 Å². The number of nitrogens with one attached hydrogen (secondary N) is 2. The molecule has 28 heavy (non-hydrogen) atoms. The number of para-hydroxylation sites is 2. The lowest BCUT2D eigenvalue weighted by Gasteiger charge is -2.27. The normalized spacial score (nSPS) is 16.7. The summed E-state index contributed by atoms with van der Waals surface area (Å²) in [5.74, 6) is 2.11. The third-order valence-electron chi connectivity index (χ3n) is 4.10. The van der Waals surface area contributed by atoms with Crippen LogP contribution in [0.3, 0.4) is 0 Å². The van der Waals surface area contributed by atoms with Crippen molar-refractivity contribution >= 4 is 41.5 Å². The van der Waals surface area contributed by atoms with Crippen LogP contribution >= 0.6 is 35.6 Å². The number of aliphatic hydroxyl groups is 1. The van der Waals surface area contributed by atoms with Gasteiger partial charge in [0.2, 0.25) is 0 Å². The highest BCUT2D eigenvalue weighted by Crippen LogP contribution is 2.30. The molecule has 0 saturated carbocycles. The zero-order valence-corrected chi connectivity index (χ0v) is 18.7. The van der Waals surface area contributed by atoms with E-state index in [1.807, 2.05) is 43.3 Å². The fourth-order valence-corrected chi connectivity index (χ4v) is 3.00. The molecule has 0 amide bonds. The zero-order valence-electron chi connectivity index (χ0n) is 15.6. The van der Waals surface area contributed by atoms with Crippen LogP contribution in [-0.2, 0) is 0 Å². The van der Waals surface area contributed by atoms with Crippen molar-refractivity contribution in [3.63, 3.8) is 0 Å². The Bertz CT molecular complexity index is 791. The SMILES string of the molecule is CCNC(=NCC(O)c1ccccc1Cl)NCC1COc2ccccc2O1.I. The molecule has 1 aliphatic heterocycles. The van der Waals surface area contributed by atoms with Crippen LogP contribution in [0.5, 0.6) is 11.5 Å². The molecule has 3 rings (SSSR count). The third-order valence-corrected chi connectivity index (χ3v) is 4.44. The van der Waals surface area contributed by atoms with Crippen LogP contribution < -0.4 is 20.1 Å². The smallest absolute Gasteiger partial charge is 0.191 e. The van der Waals surface area contributed by atoms with Crippen molar-refractivity contribution in [1.82, 2.24) is 10.6 Å². The van der Waals surface area contributed by atoms with Crippen LogP contribution in [-0.4, -0.2) is 43.4 Å². The van der Waals surface area contributed by atoms with Gasteiger partial charge in [-0.05, 0) is 25.1 Å². The summed E-state index contributed by atoms with van der Waals surface area (Å²) in [4.78, 5) is 4.45. The van der Waals surface area contributed by atoms with Gasteiger partial charge in [0.05, 0.1) is 13.1 Å². The van der Waals surface area contributed by atoms with E-state index < -0.39 is 6.10 Å². The van der Waals surface area contributed by atoms with Crippen molar-refractivity contribution in [3.05, 3.63) is 59.1 Å². The van der Waals surface area contributed by atoms with E-state index in [0.717, 1.165) is 11.5 Å². The topological polar surface area (TPSA) is 75.1 Å². The van der Waals surface area contributed by atoms with Gasteiger partial charge < -0.3 is 25.2 Å². The summed E-state index contributed by atoms with van der Waals surface area (Å²) >= 11 is 6.13. The van der Waals surface area contributed by atoms with Crippen molar-refractivity contribution < 1.29 is 14.6 Å². The zero-order chi connectivity index (χ0) is 19.1. The molecule has 0 saturated heterocycles. The first-order valence-electron chi connectivity index (χ1n) is 9.00. The predicted octanol–water partition coefficient (Wildman–Crippen LogP) is 3.39. The Morgan fingerprint density at radius 1 is 1.18 bits per heavy atom. The van der Waals surface area contributed by atoms with Crippen LogP contribution in [0.1, 0.15) is 18.6 Å². The molecule has 0 aliphatic carbocycles. The van der Waals surface area contributed by atoms with E-state index in [0.29, 0.717) is 36.2 Å². The third kappa shape index (κ3) is 6.15. The minimum absolute atomic E-state index is 0. The van der Waals surface area contributed by atoms with Gasteiger partial charge in [0, 0.05) is 17.1 Å². The van der Waals surface area contributed by atoms with E-state index >= 15 is 0 Å². The van der Waals surface area contributed by atoms with Gasteiger partial charge in [0.15, 0.2) is 17.5 Å². The summed E-state index contributed by atoms with van der Waals surface area (Å²) in [6, 6.07) is 14.8. The minimum atomic E-state index is -0.768. The van der Waals surface area contributed by atoms with Crippen LogP contribution in [0, 0.1) is 0 Å². The lowest BCUT2D eigenvalue weighted by Crippen LogP contribution is -2.45. The Morgan fingerprint density at radius 3 is 2.64 bits per heavy atom. The summed E-state index contributed by atoms with van der Waals surface area (Å²) < 4.78 is 11.7. The van der Waals surface area contributed by atoms with E-state index in [9.17, 15) is 5.11 Å². The molecule has 6 nitrogen and oxygen atoms in total. The number of halogens is 2. The molecule has 0 spiro atoms. The Morgan fingerprint density at radius 2 is 1.89 bits per heavy atom. The van der Waals surface area contributed by atoms with Crippen LogP contribution in [0.25, 0.3) is 0 Å². The van der Waals surface area contributed by atoms with Crippen LogP contribution in [0.4, 0.5) is 0 Å². The summed E-state index contributed by atoms with van der Waals surface area (Å²) in [5.41, 5.74) is 0.666. The molecule has 152 valence electrons. The van der Waals surface area contributed by atoms with Crippen molar-refractivity contribution in [2.45, 2.75) is 19.1 Å². The fourth-order valence-electron chi connectivity index (χ4n) is 2.74. The first-order chi connectivity index (χ1) is 13.2. The molecular weight excluding hydrogens is 493 g/mol. The Balaban J connectivity index is 0.00000280. The van der Waals surface area contributed by atoms with Crippen molar-refractivity contribution in [2.24, 2.45) is 4.99 Å². The number of hydrogen-bond acceptors (Lipinski definition) is 4. The number of nitrogens with zero attached hydrogens (tertiary/aromatic N) is 1. The summed E-state index contributed by atoms with van der Waals surface area (Å²) in [6.45, 7) is 3.88. The molecular formula is C20H25ClIN3O3. The molecule has 1 aliphatic rings. The van der Waals surface area contributed by atoms with Gasteiger partial charge in [-0.25, -0.2) is 0 Å². The molecule has 0 aromatic heterocycles. The number of ether oxygens (including phenoxy) is 2. The lowest BCUT2D eigenvalue weighted by atomic mass is 10.1. The quantitative estimate of drug-likeness (QED) is 0.311. The highest BCUT2D eigenvalue weighted by Gasteiger charge is 2.20. The largest absolute Gasteiger partial charge is 0.486 e. The number of rotatable bonds is 6. The Hall–Kier alpha value is -1.71. The first kappa shape index (κ1) is 22.6. The number of hydrogen-bond donors (Lipinski definition) is 3. The van der Waals surface area contributed by atoms with Crippen LogP contribution in [0.15, 0.2) is 53.5 Å². The van der Waals surface area contributed by atoms with Crippen molar-refractivity contribution in [1.29, 1.82) is 0 Å². The second kappa shape index (κ2) is 11.3. The van der Waals surface area contributed by atoms with E-state index in [4.69, 9.17) is 21.1 Å². The van der Waals surface area contributed by atoms with E-state index in [2.05, 4.69) is 15.6 Å². The second-order valence-electron chi connectivity index (χ2n) is 6.14. The monoisotopic (exact) mass is 517 g/mol. The Labute approximate surface area is 187 Å². The van der Waals surface area contributed by atoms with Gasteiger partial charge in [0.1, 0.15) is 18.8 Å². The molecule has 8 heteroatoms. The number of guanidine groups is 1. The van der Waals surface area contributed by atoms with Gasteiger partial charge in [-0.1, -0.05) is 41.9 Å². The minimum Gasteiger partial charge on any atom is -0.486 e. The average molecular weight is 518 g/mol. The molecule has 2 aromatic rings. The summed E-state index contributed by atoms with van der Waals surface area (Å²) in [6.07, 6.45) is -0.896. The average Bonchev–Trinajstić information content (AvgIpc) is 2.70. The molecule has 3 N–H and O–H groups in total. The maximum absolute atomic E-state index is 10.4. The molecule has 0 fully saturated rings. The van der Waals surface area contributed by atoms with Crippen molar-refractivity contribution in [3.8, 4) is 11.5 Å². The summed E-state index contributed by atoms with van der Waals surface area (Å²) in [5, 5.41) is 17.3. The van der Waals surface area contributed by atoms with Gasteiger partial charge >= 0.3 is 0 Å². The Kier molecular flexibility index (Phi) is 9.14. The maximum atomic E-state index is 10.4. The van der Waals surface area contributed by atoms with E-state index in [-0.39, 0.29) is 36.6 Å². The molecule has 2 atom stereocenters. The first-order valence-corrected chi connectivity index (χ1v) is 9.38. The number of benzene rings is 2. The number of aliphatic hydroxyl groups excluding tert-OH is 1. The highest BCUT2D eigenvalue weighted by molar-refractivity contribution is 14.0. The molecule has 2 unspecified atom stereocenters. The van der Waals surface area contributed by atoms with Gasteiger partial charge in [-0.15, -0.1) is 24.0 Å². The maximum Gasteiger partial charge on any atom is 0.191 e. The molecule has 0 bridgehead atoms. The van der Waals surface area contributed by atoms with Gasteiger partial charge in [0.25, 0.3) is 0 Å². The molecule has 1 heterocycles. The van der Waals surface area contributed by atoms with Crippen molar-refractivity contribution in [2.75, 3.05) is 26.2 Å². The van der Waals surface area contributed by atoms with E-state index in [1.54, 1.807) is 12.1 Å². The van der Waals surface area contributed by atoms with Crippen LogP contribution in [0.2, 0.25) is 5.02 Å². The predicted molar refractivity (Wildman–Crippen MR) is 122 cm³/mol. The summed E-state index contributed by atoms with van der Waals surface area (Å²) in [7, 11) is 0. The number of fused-ring (bicyclic) bond motifs is 1. The van der Waals surface area contributed by atoms with Gasteiger partial charge in [-0.3, -0.25) is 4.99 Å². The standard InChI is InChI=1S/C20H24ClN3O3.HI/c1-2-22-20(24-12-17(25)15-7-3-4-8-16(15)21)23-11-14-13-26-18-9-5-6-10-19(18)27-14;/h3-10,14,17,25H,2,11-13H2,1H3,(H2,22,23,24);1H. The molecule has 2 aromatic carbocycles. The highest BCUT2D eigenvalue weighted by atomic mass is 127.